The van der Waals surface area contributed by atoms with Crippen LogP contribution < -0.4 is 11.1 Å². The Morgan fingerprint density at radius 3 is 2.39 bits per heavy atom. The number of hydrogen-bond donors (Lipinski definition) is 2. The zero-order valence-electron chi connectivity index (χ0n) is 12.2. The smallest absolute Gasteiger partial charge is 0.252 e. The molecule has 3 N–H and O–H groups in total. The molecule has 1 aromatic carbocycles. The van der Waals surface area contributed by atoms with Crippen molar-refractivity contribution in [3.8, 4) is 0 Å². The van der Waals surface area contributed by atoms with Crippen molar-refractivity contribution in [1.82, 2.24) is 4.31 Å². The van der Waals surface area contributed by atoms with Crippen LogP contribution in [0.25, 0.3) is 0 Å². The highest BCUT2D eigenvalue weighted by atomic mass is 32.2. The third-order valence-corrected chi connectivity index (χ3v) is 6.16. The van der Waals surface area contributed by atoms with Gasteiger partial charge in [0.25, 0.3) is 10.0 Å². The Balaban J connectivity index is 2.00. The van der Waals surface area contributed by atoms with Crippen LogP contribution in [-0.4, -0.2) is 38.1 Å². The van der Waals surface area contributed by atoms with Crippen LogP contribution in [0.3, 0.4) is 0 Å². The number of carbonyl (C=O) groups excluding carboxylic acids is 2. The molecule has 2 amide bonds. The minimum absolute atomic E-state index is 0.179. The van der Waals surface area contributed by atoms with E-state index < -0.39 is 21.8 Å². The number of hydrogen-bond acceptors (Lipinski definition) is 5. The van der Waals surface area contributed by atoms with Crippen LogP contribution in [0, 0.1) is 0 Å². The fourth-order valence-electron chi connectivity index (χ4n) is 1.77. The van der Waals surface area contributed by atoms with Gasteiger partial charge in [0.05, 0.1) is 6.54 Å². The molecule has 0 unspecified atom stereocenters. The second kappa shape index (κ2) is 6.90. The Hall–Kier alpha value is -2.23. The van der Waals surface area contributed by atoms with E-state index in [0.717, 1.165) is 15.6 Å². The predicted molar refractivity (Wildman–Crippen MR) is 87.7 cm³/mol. The summed E-state index contributed by atoms with van der Waals surface area (Å²) in [5, 5.41) is 4.22. The van der Waals surface area contributed by atoms with Gasteiger partial charge in [0.1, 0.15) is 4.21 Å². The molecule has 122 valence electrons. The van der Waals surface area contributed by atoms with Gasteiger partial charge in [0, 0.05) is 18.3 Å². The monoisotopic (exact) mass is 353 g/mol. The maximum absolute atomic E-state index is 12.2. The van der Waals surface area contributed by atoms with Gasteiger partial charge in [-0.15, -0.1) is 11.3 Å². The number of amides is 2. The lowest BCUT2D eigenvalue weighted by Gasteiger charge is -2.15. The summed E-state index contributed by atoms with van der Waals surface area (Å²) in [4.78, 5) is 22.9. The largest absolute Gasteiger partial charge is 0.366 e. The van der Waals surface area contributed by atoms with Crippen LogP contribution in [0.15, 0.2) is 46.0 Å². The predicted octanol–water partition coefficient (Wildman–Crippen LogP) is 1.11. The average molecular weight is 353 g/mol. The first kappa shape index (κ1) is 17.1. The highest BCUT2D eigenvalue weighted by molar-refractivity contribution is 7.91. The molecule has 2 rings (SSSR count). The van der Waals surface area contributed by atoms with E-state index in [1.807, 2.05) is 0 Å². The van der Waals surface area contributed by atoms with Gasteiger partial charge in [-0.25, -0.2) is 8.42 Å². The molecule has 0 saturated carbocycles. The van der Waals surface area contributed by atoms with Crippen molar-refractivity contribution in [2.45, 2.75) is 4.21 Å². The summed E-state index contributed by atoms with van der Waals surface area (Å²) in [5.41, 5.74) is 5.89. The number of thiophene rings is 1. The van der Waals surface area contributed by atoms with Gasteiger partial charge in [-0.1, -0.05) is 6.07 Å². The van der Waals surface area contributed by atoms with E-state index in [0.29, 0.717) is 11.3 Å². The molecule has 0 saturated heterocycles. The van der Waals surface area contributed by atoms with Gasteiger partial charge in [0.2, 0.25) is 11.8 Å². The molecule has 0 aliphatic rings. The number of sulfonamides is 1. The van der Waals surface area contributed by atoms with Crippen molar-refractivity contribution in [1.29, 1.82) is 0 Å². The van der Waals surface area contributed by atoms with Crippen LogP contribution in [-0.2, 0) is 14.8 Å². The standard InChI is InChI=1S/C14H15N3O4S2/c1-17(23(20,21)13-3-2-8-22-13)9-12(18)16-11-6-4-10(5-7-11)14(15)19/h2-8H,9H2,1H3,(H2,15,19)(H,16,18). The quantitative estimate of drug-likeness (QED) is 0.810. The highest BCUT2D eigenvalue weighted by Gasteiger charge is 2.23. The molecular weight excluding hydrogens is 338 g/mol. The molecule has 1 heterocycles. The molecule has 0 aliphatic heterocycles. The molecule has 0 radical (unpaired) electrons. The van der Waals surface area contributed by atoms with E-state index in [4.69, 9.17) is 5.73 Å². The molecular formula is C14H15N3O4S2. The maximum atomic E-state index is 12.2. The number of nitrogens with two attached hydrogens (primary N) is 1. The molecule has 0 fully saturated rings. The number of nitrogens with zero attached hydrogens (tertiary/aromatic N) is 1. The first-order chi connectivity index (χ1) is 10.8. The van der Waals surface area contributed by atoms with Crippen molar-refractivity contribution < 1.29 is 18.0 Å². The van der Waals surface area contributed by atoms with Crippen LogP contribution in [0.5, 0.6) is 0 Å². The summed E-state index contributed by atoms with van der Waals surface area (Å²) >= 11 is 1.09. The van der Waals surface area contributed by atoms with Gasteiger partial charge in [-0.2, -0.15) is 4.31 Å². The van der Waals surface area contributed by atoms with E-state index in [2.05, 4.69) is 5.32 Å². The molecule has 2 aromatic rings. The molecule has 9 heteroatoms. The number of likely N-dealkylation sites (N-methyl/N-ethyl adjacent to an activating group) is 1. The number of benzene rings is 1. The lowest BCUT2D eigenvalue weighted by molar-refractivity contribution is -0.116. The van der Waals surface area contributed by atoms with Gasteiger partial charge in [0.15, 0.2) is 0 Å². The third-order valence-electron chi connectivity index (χ3n) is 2.98. The summed E-state index contributed by atoms with van der Waals surface area (Å²) < 4.78 is 25.6. The normalized spacial score (nSPS) is 11.4. The van der Waals surface area contributed by atoms with E-state index >= 15 is 0 Å². The zero-order valence-corrected chi connectivity index (χ0v) is 13.9. The summed E-state index contributed by atoms with van der Waals surface area (Å²) in [5.74, 6) is -1.05. The van der Waals surface area contributed by atoms with Crippen molar-refractivity contribution in [3.05, 3.63) is 47.3 Å². The van der Waals surface area contributed by atoms with Gasteiger partial charge >= 0.3 is 0 Å². The summed E-state index contributed by atoms with van der Waals surface area (Å²) in [6, 6.07) is 9.11. The molecule has 0 atom stereocenters. The van der Waals surface area contributed by atoms with Crippen LogP contribution in [0.4, 0.5) is 5.69 Å². The first-order valence-corrected chi connectivity index (χ1v) is 8.82. The molecule has 1 aromatic heterocycles. The Morgan fingerprint density at radius 2 is 1.87 bits per heavy atom. The van der Waals surface area contributed by atoms with Crippen molar-refractivity contribution in [2.75, 3.05) is 18.9 Å². The maximum Gasteiger partial charge on any atom is 0.252 e. The van der Waals surface area contributed by atoms with E-state index in [1.54, 1.807) is 11.4 Å². The van der Waals surface area contributed by atoms with Crippen LogP contribution >= 0.6 is 11.3 Å². The number of anilines is 1. The van der Waals surface area contributed by atoms with Gasteiger partial charge < -0.3 is 11.1 Å². The SMILES string of the molecule is CN(CC(=O)Nc1ccc(C(N)=O)cc1)S(=O)(=O)c1cccs1. The van der Waals surface area contributed by atoms with E-state index in [-0.39, 0.29) is 10.8 Å². The molecule has 23 heavy (non-hydrogen) atoms. The number of primary amides is 1. The lowest BCUT2D eigenvalue weighted by atomic mass is 10.2. The average Bonchev–Trinajstić information content (AvgIpc) is 3.02. The van der Waals surface area contributed by atoms with Crippen molar-refractivity contribution in [3.63, 3.8) is 0 Å². The molecule has 0 aliphatic carbocycles. The number of carbonyl (C=O) groups is 2. The minimum Gasteiger partial charge on any atom is -0.366 e. The van der Waals surface area contributed by atoms with Crippen molar-refractivity contribution >= 4 is 38.9 Å². The molecule has 0 spiro atoms. The Kier molecular flexibility index (Phi) is 5.14. The van der Waals surface area contributed by atoms with Gasteiger partial charge in [-0.3, -0.25) is 9.59 Å². The molecule has 0 bridgehead atoms. The van der Waals surface area contributed by atoms with E-state index in [1.165, 1.54) is 37.4 Å². The fourth-order valence-corrected chi connectivity index (χ4v) is 4.10. The third kappa shape index (κ3) is 4.15. The van der Waals surface area contributed by atoms with Crippen LogP contribution in [0.2, 0.25) is 0 Å². The summed E-state index contributed by atoms with van der Waals surface area (Å²) in [6.45, 7) is -0.322. The highest BCUT2D eigenvalue weighted by Crippen LogP contribution is 2.19. The topological polar surface area (TPSA) is 110 Å². The Morgan fingerprint density at radius 1 is 1.22 bits per heavy atom. The van der Waals surface area contributed by atoms with Crippen LogP contribution in [0.1, 0.15) is 10.4 Å². The fraction of sp³-hybridized carbons (Fsp3) is 0.143. The van der Waals surface area contributed by atoms with E-state index in [9.17, 15) is 18.0 Å². The Bertz CT molecular complexity index is 799. The minimum atomic E-state index is -3.67. The first-order valence-electron chi connectivity index (χ1n) is 6.50. The second-order valence-corrected chi connectivity index (χ2v) is 7.90. The molecule has 7 nitrogen and oxygen atoms in total. The summed E-state index contributed by atoms with van der Waals surface area (Å²) in [7, 11) is -2.33. The second-order valence-electron chi connectivity index (χ2n) is 4.68. The van der Waals surface area contributed by atoms with Gasteiger partial charge in [-0.05, 0) is 35.7 Å². The number of rotatable bonds is 6. The lowest BCUT2D eigenvalue weighted by Crippen LogP contribution is -2.34. The zero-order chi connectivity index (χ0) is 17.0. The summed E-state index contributed by atoms with van der Waals surface area (Å²) in [6.07, 6.45) is 0. The Labute approximate surface area is 137 Å². The number of nitrogens with one attached hydrogen (secondary N) is 1. The van der Waals surface area contributed by atoms with Crippen molar-refractivity contribution in [2.24, 2.45) is 5.73 Å².